The van der Waals surface area contributed by atoms with E-state index in [2.05, 4.69) is 69.6 Å². The number of pyridine rings is 1. The third-order valence-electron chi connectivity index (χ3n) is 8.52. The summed E-state index contributed by atoms with van der Waals surface area (Å²) in [5.41, 5.74) is 8.52. The van der Waals surface area contributed by atoms with E-state index in [1.165, 1.54) is 16.8 Å². The Morgan fingerprint density at radius 1 is 0.930 bits per heavy atom. The molecule has 43 heavy (non-hydrogen) atoms. The van der Waals surface area contributed by atoms with Gasteiger partial charge in [-0.05, 0) is 79.0 Å². The number of nitrogens with zero attached hydrogens (tertiary/aromatic N) is 5. The summed E-state index contributed by atoms with van der Waals surface area (Å²) in [5.74, 6) is 0.445. The Bertz CT molecular complexity index is 1920. The smallest absolute Gasteiger partial charge is 0.260 e. The molecule has 0 unspecified atom stereocenters. The summed E-state index contributed by atoms with van der Waals surface area (Å²) >= 11 is 6.85. The Morgan fingerprint density at radius 2 is 1.74 bits per heavy atom. The van der Waals surface area contributed by atoms with Crippen molar-refractivity contribution < 1.29 is 0 Å². The van der Waals surface area contributed by atoms with Gasteiger partial charge in [-0.25, -0.2) is 4.98 Å². The molecule has 1 aliphatic carbocycles. The molecule has 3 heterocycles. The lowest BCUT2D eigenvalue weighted by Crippen LogP contribution is -2.44. The van der Waals surface area contributed by atoms with Crippen LogP contribution < -0.4 is 15.8 Å². The molecule has 5 aromatic rings. The van der Waals surface area contributed by atoms with E-state index in [4.69, 9.17) is 16.6 Å². The second-order valence-corrected chi connectivity index (χ2v) is 11.6. The fourth-order valence-electron chi connectivity index (χ4n) is 6.10. The third kappa shape index (κ3) is 5.19. The van der Waals surface area contributed by atoms with Gasteiger partial charge in [0.1, 0.15) is 5.65 Å². The molecule has 0 saturated carbocycles. The average Bonchev–Trinajstić information content (AvgIpc) is 3.51. The predicted molar refractivity (Wildman–Crippen MR) is 178 cm³/mol. The van der Waals surface area contributed by atoms with E-state index in [9.17, 15) is 4.79 Å². The van der Waals surface area contributed by atoms with Gasteiger partial charge in [-0.15, -0.1) is 0 Å². The third-order valence-corrected chi connectivity index (χ3v) is 8.84. The number of allylic oxidation sites excluding steroid dienone is 1. The van der Waals surface area contributed by atoms with Crippen molar-refractivity contribution in [3.63, 3.8) is 0 Å². The van der Waals surface area contributed by atoms with Gasteiger partial charge in [0.25, 0.3) is 5.56 Å². The van der Waals surface area contributed by atoms with Crippen LogP contribution in [0.3, 0.4) is 0 Å². The number of rotatable bonds is 6. The molecule has 1 saturated heterocycles. The largest absolute Gasteiger partial charge is 0.369 e. The first-order chi connectivity index (χ1) is 21.0. The number of benzene rings is 3. The van der Waals surface area contributed by atoms with Gasteiger partial charge >= 0.3 is 0 Å². The van der Waals surface area contributed by atoms with E-state index in [-0.39, 0.29) is 5.56 Å². The number of piperazine rings is 1. The fourth-order valence-corrected chi connectivity index (χ4v) is 6.38. The van der Waals surface area contributed by atoms with Crippen LogP contribution in [0.25, 0.3) is 39.4 Å². The highest BCUT2D eigenvalue weighted by molar-refractivity contribution is 6.33. The number of hydrogen-bond donors (Lipinski definition) is 1. The normalized spacial score (nSPS) is 14.8. The standard InChI is InChI=1S/C35H33ClN6O/c1-3-42-33-25(22-37-35(39-33)38-26-11-13-27(14-12-26)41-18-16-40(2)17-19-41)20-31(34(42)43)30-15-10-24(21-32(30)36)29-9-5-7-23-6-4-8-28(23)29/h4-5,7-15,20-22H,3,6,16-19H2,1-2H3,(H,37,38,39). The minimum absolute atomic E-state index is 0.130. The summed E-state index contributed by atoms with van der Waals surface area (Å²) in [7, 11) is 2.16. The van der Waals surface area contributed by atoms with E-state index in [0.29, 0.717) is 34.3 Å². The number of fused-ring (bicyclic) bond motifs is 2. The zero-order chi connectivity index (χ0) is 29.5. The van der Waals surface area contributed by atoms with Crippen molar-refractivity contribution in [2.75, 3.05) is 43.4 Å². The molecule has 8 heteroatoms. The maximum atomic E-state index is 13.8. The molecule has 216 valence electrons. The van der Waals surface area contributed by atoms with Gasteiger partial charge in [0, 0.05) is 71.8 Å². The van der Waals surface area contributed by atoms with Crippen LogP contribution in [0, 0.1) is 0 Å². The Morgan fingerprint density at radius 3 is 2.51 bits per heavy atom. The molecule has 7 nitrogen and oxygen atoms in total. The van der Waals surface area contributed by atoms with Gasteiger partial charge in [0.05, 0.1) is 0 Å². The van der Waals surface area contributed by atoms with Crippen molar-refractivity contribution >= 4 is 46.0 Å². The Hall–Kier alpha value is -4.46. The molecule has 1 aliphatic heterocycles. The molecule has 0 amide bonds. The lowest BCUT2D eigenvalue weighted by Gasteiger charge is -2.34. The molecule has 0 spiro atoms. The second kappa shape index (κ2) is 11.3. The fraction of sp³-hybridized carbons (Fsp3) is 0.229. The summed E-state index contributed by atoms with van der Waals surface area (Å²) in [6.07, 6.45) is 7.06. The predicted octanol–water partition coefficient (Wildman–Crippen LogP) is 6.86. The van der Waals surface area contributed by atoms with Gasteiger partial charge in [-0.3, -0.25) is 9.36 Å². The molecule has 0 atom stereocenters. The second-order valence-electron chi connectivity index (χ2n) is 11.2. The van der Waals surface area contributed by atoms with Crippen molar-refractivity contribution in [3.05, 3.63) is 106 Å². The maximum absolute atomic E-state index is 13.8. The summed E-state index contributed by atoms with van der Waals surface area (Å²) in [6, 6.07) is 22.5. The Balaban J connectivity index is 1.18. The van der Waals surface area contributed by atoms with Crippen molar-refractivity contribution in [2.45, 2.75) is 19.9 Å². The summed E-state index contributed by atoms with van der Waals surface area (Å²) in [5, 5.41) is 4.62. The van der Waals surface area contributed by atoms with Gasteiger partial charge < -0.3 is 15.1 Å². The number of anilines is 3. The SMILES string of the molecule is CCn1c(=O)c(-c2ccc(-c3cccc4c3C=CC4)cc2Cl)cc2cnc(Nc3ccc(N4CCN(C)CC4)cc3)nc21. The van der Waals surface area contributed by atoms with E-state index in [0.717, 1.165) is 54.8 Å². The quantitative estimate of drug-likeness (QED) is 0.234. The molecular formula is C35H33ClN6O. The van der Waals surface area contributed by atoms with Crippen LogP contribution in [0.4, 0.5) is 17.3 Å². The van der Waals surface area contributed by atoms with Crippen molar-refractivity contribution in [1.29, 1.82) is 0 Å². The van der Waals surface area contributed by atoms with Gasteiger partial charge in [-0.2, -0.15) is 4.98 Å². The maximum Gasteiger partial charge on any atom is 0.260 e. The molecule has 7 rings (SSSR count). The lowest BCUT2D eigenvalue weighted by molar-refractivity contribution is 0.313. The van der Waals surface area contributed by atoms with Gasteiger partial charge in [0.15, 0.2) is 0 Å². The Labute approximate surface area is 256 Å². The molecule has 2 aromatic heterocycles. The van der Waals surface area contributed by atoms with E-state index < -0.39 is 0 Å². The average molecular weight is 589 g/mol. The number of aromatic nitrogens is 3. The molecule has 3 aromatic carbocycles. The van der Waals surface area contributed by atoms with Gasteiger partial charge in [-0.1, -0.05) is 54.1 Å². The van der Waals surface area contributed by atoms with Crippen molar-refractivity contribution in [3.8, 4) is 22.3 Å². The molecule has 2 aliphatic rings. The van der Waals surface area contributed by atoms with Crippen molar-refractivity contribution in [2.24, 2.45) is 0 Å². The molecule has 1 fully saturated rings. The zero-order valence-corrected chi connectivity index (χ0v) is 25.1. The van der Waals surface area contributed by atoms with Gasteiger partial charge in [0.2, 0.25) is 5.95 Å². The monoisotopic (exact) mass is 588 g/mol. The van der Waals surface area contributed by atoms with Crippen LogP contribution in [0.15, 0.2) is 83.8 Å². The number of aryl methyl sites for hydroxylation is 1. The number of hydrogen-bond acceptors (Lipinski definition) is 6. The van der Waals surface area contributed by atoms with E-state index in [1.807, 2.05) is 43.3 Å². The van der Waals surface area contributed by atoms with Crippen molar-refractivity contribution in [1.82, 2.24) is 19.4 Å². The molecular weight excluding hydrogens is 556 g/mol. The highest BCUT2D eigenvalue weighted by Gasteiger charge is 2.18. The van der Waals surface area contributed by atoms with Crippen LogP contribution in [0.1, 0.15) is 18.1 Å². The number of halogens is 1. The summed E-state index contributed by atoms with van der Waals surface area (Å²) < 4.78 is 1.69. The first kappa shape index (κ1) is 27.4. The topological polar surface area (TPSA) is 66.3 Å². The van der Waals surface area contributed by atoms with Crippen LogP contribution in [0.2, 0.25) is 5.02 Å². The lowest BCUT2D eigenvalue weighted by atomic mass is 9.95. The van der Waals surface area contributed by atoms with Crippen LogP contribution in [-0.4, -0.2) is 52.7 Å². The molecule has 0 bridgehead atoms. The van der Waals surface area contributed by atoms with E-state index >= 15 is 0 Å². The first-order valence-corrected chi connectivity index (χ1v) is 15.2. The Kier molecular flexibility index (Phi) is 7.21. The minimum atomic E-state index is -0.130. The minimum Gasteiger partial charge on any atom is -0.369 e. The highest BCUT2D eigenvalue weighted by Crippen LogP contribution is 2.36. The summed E-state index contributed by atoms with van der Waals surface area (Å²) in [4.78, 5) is 27.8. The molecule has 0 radical (unpaired) electrons. The van der Waals surface area contributed by atoms with Crippen LogP contribution in [0.5, 0.6) is 0 Å². The van der Waals surface area contributed by atoms with Crippen LogP contribution >= 0.6 is 11.6 Å². The highest BCUT2D eigenvalue weighted by atomic mass is 35.5. The van der Waals surface area contributed by atoms with Crippen LogP contribution in [-0.2, 0) is 13.0 Å². The summed E-state index contributed by atoms with van der Waals surface area (Å²) in [6.45, 7) is 6.60. The number of nitrogens with one attached hydrogen (secondary N) is 1. The number of likely N-dealkylation sites (N-methyl/N-ethyl adjacent to an activating group) is 1. The molecule has 1 N–H and O–H groups in total. The van der Waals surface area contributed by atoms with E-state index in [1.54, 1.807) is 10.8 Å². The first-order valence-electron chi connectivity index (χ1n) is 14.8. The zero-order valence-electron chi connectivity index (χ0n) is 24.3.